The number of hydrogen-bond acceptors (Lipinski definition) is 4. The molecule has 1 aromatic rings. The summed E-state index contributed by atoms with van der Waals surface area (Å²) < 4.78 is 27.4. The van der Waals surface area contributed by atoms with Crippen LogP contribution in [0.3, 0.4) is 0 Å². The smallest absolute Gasteiger partial charge is 0.241 e. The van der Waals surface area contributed by atoms with E-state index in [4.69, 9.17) is 11.6 Å². The van der Waals surface area contributed by atoms with Crippen molar-refractivity contribution in [1.82, 2.24) is 9.71 Å². The molecule has 0 amide bonds. The van der Waals surface area contributed by atoms with Crippen LogP contribution in [0, 0.1) is 5.92 Å². The predicted molar refractivity (Wildman–Crippen MR) is 77.0 cm³/mol. The molecule has 5 nitrogen and oxygen atoms in total. The van der Waals surface area contributed by atoms with E-state index in [0.29, 0.717) is 18.8 Å². The molecule has 1 heterocycles. The minimum Gasteiger partial charge on any atom is -0.394 e. The molecule has 7 heteroatoms. The summed E-state index contributed by atoms with van der Waals surface area (Å²) in [6.07, 6.45) is 4.44. The summed E-state index contributed by atoms with van der Waals surface area (Å²) in [5, 5.41) is 9.76. The summed E-state index contributed by atoms with van der Waals surface area (Å²) in [5.74, 6) is 0.564. The van der Waals surface area contributed by atoms with Crippen LogP contribution in [0.1, 0.15) is 32.6 Å². The monoisotopic (exact) mass is 318 g/mol. The molecular formula is C13H19ClN2O3S. The van der Waals surface area contributed by atoms with Crippen molar-refractivity contribution < 1.29 is 13.5 Å². The van der Waals surface area contributed by atoms with Gasteiger partial charge in [-0.3, -0.25) is 0 Å². The van der Waals surface area contributed by atoms with E-state index in [1.54, 1.807) is 0 Å². The fraction of sp³-hybridized carbons (Fsp3) is 0.615. The van der Waals surface area contributed by atoms with Gasteiger partial charge in [0.05, 0.1) is 17.0 Å². The highest BCUT2D eigenvalue weighted by Crippen LogP contribution is 2.33. The van der Waals surface area contributed by atoms with Crippen LogP contribution in [-0.4, -0.2) is 30.7 Å². The zero-order valence-electron chi connectivity index (χ0n) is 11.3. The molecule has 1 saturated carbocycles. The first-order valence-corrected chi connectivity index (χ1v) is 8.49. The Morgan fingerprint density at radius 1 is 1.50 bits per heavy atom. The van der Waals surface area contributed by atoms with Gasteiger partial charge in [-0.1, -0.05) is 18.5 Å². The quantitative estimate of drug-likeness (QED) is 0.832. The average Bonchev–Trinajstić information content (AvgIpc) is 2.41. The highest BCUT2D eigenvalue weighted by molar-refractivity contribution is 7.89. The van der Waals surface area contributed by atoms with Crippen molar-refractivity contribution in [3.63, 3.8) is 0 Å². The molecule has 1 aromatic heterocycles. The third kappa shape index (κ3) is 3.49. The molecule has 0 spiro atoms. The van der Waals surface area contributed by atoms with E-state index in [1.165, 1.54) is 18.3 Å². The molecule has 2 rings (SSSR count). The maximum atomic E-state index is 12.4. The van der Waals surface area contributed by atoms with Crippen molar-refractivity contribution in [3.8, 4) is 0 Å². The third-order valence-electron chi connectivity index (χ3n) is 3.89. The number of halogens is 1. The van der Waals surface area contributed by atoms with Gasteiger partial charge in [0.1, 0.15) is 5.15 Å². The van der Waals surface area contributed by atoms with E-state index < -0.39 is 15.6 Å². The van der Waals surface area contributed by atoms with Crippen LogP contribution in [-0.2, 0) is 10.0 Å². The Hall–Kier alpha value is -0.690. The summed E-state index contributed by atoms with van der Waals surface area (Å²) >= 11 is 5.73. The Kier molecular flexibility index (Phi) is 4.69. The lowest BCUT2D eigenvalue weighted by Crippen LogP contribution is -2.53. The molecule has 0 bridgehead atoms. The zero-order chi connectivity index (χ0) is 14.8. The molecule has 1 aliphatic carbocycles. The number of hydrogen-bond donors (Lipinski definition) is 2. The number of sulfonamides is 1. The van der Waals surface area contributed by atoms with Gasteiger partial charge in [0, 0.05) is 6.20 Å². The van der Waals surface area contributed by atoms with Crippen molar-refractivity contribution in [2.75, 3.05) is 6.61 Å². The maximum Gasteiger partial charge on any atom is 0.241 e. The van der Waals surface area contributed by atoms with E-state index >= 15 is 0 Å². The van der Waals surface area contributed by atoms with Gasteiger partial charge in [0.15, 0.2) is 0 Å². The van der Waals surface area contributed by atoms with E-state index in [-0.39, 0.29) is 16.7 Å². The molecule has 2 N–H and O–H groups in total. The number of nitrogens with one attached hydrogen (secondary N) is 1. The van der Waals surface area contributed by atoms with Crippen LogP contribution in [0.25, 0.3) is 0 Å². The molecule has 1 fully saturated rings. The molecule has 0 aromatic carbocycles. The average molecular weight is 319 g/mol. The van der Waals surface area contributed by atoms with Crippen LogP contribution in [0.2, 0.25) is 5.15 Å². The molecule has 1 aliphatic rings. The van der Waals surface area contributed by atoms with Crippen molar-refractivity contribution in [1.29, 1.82) is 0 Å². The first-order chi connectivity index (χ1) is 9.37. The van der Waals surface area contributed by atoms with Gasteiger partial charge in [0.2, 0.25) is 10.0 Å². The lowest BCUT2D eigenvalue weighted by Gasteiger charge is -2.38. The molecule has 112 valence electrons. The van der Waals surface area contributed by atoms with E-state index in [9.17, 15) is 13.5 Å². The summed E-state index contributed by atoms with van der Waals surface area (Å²) in [7, 11) is -3.70. The van der Waals surface area contributed by atoms with Crippen LogP contribution < -0.4 is 4.72 Å². The van der Waals surface area contributed by atoms with Gasteiger partial charge in [-0.25, -0.2) is 18.1 Å². The van der Waals surface area contributed by atoms with Gasteiger partial charge in [-0.15, -0.1) is 0 Å². The lowest BCUT2D eigenvalue weighted by molar-refractivity contribution is 0.125. The van der Waals surface area contributed by atoms with Crippen LogP contribution in [0.5, 0.6) is 0 Å². The van der Waals surface area contributed by atoms with Gasteiger partial charge >= 0.3 is 0 Å². The van der Waals surface area contributed by atoms with Gasteiger partial charge in [-0.05, 0) is 43.7 Å². The van der Waals surface area contributed by atoms with Gasteiger partial charge < -0.3 is 5.11 Å². The van der Waals surface area contributed by atoms with Crippen molar-refractivity contribution in [3.05, 3.63) is 23.5 Å². The summed E-state index contributed by atoms with van der Waals surface area (Å²) in [6.45, 7) is 1.94. The number of nitrogens with zero attached hydrogens (tertiary/aromatic N) is 1. The Morgan fingerprint density at radius 2 is 2.15 bits per heavy atom. The SMILES string of the molecule is CC1CCC(CO)(NS(=O)(=O)c2ccnc(Cl)c2)CC1. The van der Waals surface area contributed by atoms with Crippen LogP contribution in [0.15, 0.2) is 23.2 Å². The fourth-order valence-electron chi connectivity index (χ4n) is 2.50. The number of aliphatic hydroxyl groups is 1. The first-order valence-electron chi connectivity index (χ1n) is 6.63. The highest BCUT2D eigenvalue weighted by atomic mass is 35.5. The fourth-order valence-corrected chi connectivity index (χ4v) is 4.20. The van der Waals surface area contributed by atoms with Gasteiger partial charge in [-0.2, -0.15) is 0 Å². The molecule has 0 saturated heterocycles. The Bertz CT molecular complexity index is 569. The minimum absolute atomic E-state index is 0.0731. The number of pyridine rings is 1. The predicted octanol–water partition coefficient (Wildman–Crippen LogP) is 1.95. The van der Waals surface area contributed by atoms with Crippen molar-refractivity contribution in [2.45, 2.75) is 43.0 Å². The third-order valence-corrected chi connectivity index (χ3v) is 5.68. The maximum absolute atomic E-state index is 12.4. The van der Waals surface area contributed by atoms with Crippen molar-refractivity contribution in [2.24, 2.45) is 5.92 Å². The topological polar surface area (TPSA) is 79.3 Å². The molecule has 0 atom stereocenters. The second kappa shape index (κ2) is 5.97. The largest absolute Gasteiger partial charge is 0.394 e. The van der Waals surface area contributed by atoms with Crippen molar-refractivity contribution >= 4 is 21.6 Å². The number of aromatic nitrogens is 1. The Labute approximate surface area is 124 Å². The molecule has 0 aliphatic heterocycles. The summed E-state index contributed by atoms with van der Waals surface area (Å²) in [6, 6.07) is 2.70. The highest BCUT2D eigenvalue weighted by Gasteiger charge is 2.37. The molecule has 0 radical (unpaired) electrons. The van der Waals surface area contributed by atoms with E-state index in [1.807, 2.05) is 0 Å². The Balaban J connectivity index is 2.22. The summed E-state index contributed by atoms with van der Waals surface area (Å²) in [4.78, 5) is 3.84. The minimum atomic E-state index is -3.70. The standard InChI is InChI=1S/C13H19ClN2O3S/c1-10-2-5-13(9-17,6-3-10)16-20(18,19)11-4-7-15-12(14)8-11/h4,7-8,10,16-17H,2-3,5-6,9H2,1H3. The van der Waals surface area contributed by atoms with E-state index in [2.05, 4.69) is 16.6 Å². The number of rotatable bonds is 4. The summed E-state index contributed by atoms with van der Waals surface area (Å²) in [5.41, 5.74) is -0.763. The first kappa shape index (κ1) is 15.7. The Morgan fingerprint density at radius 3 is 2.70 bits per heavy atom. The molecular weight excluding hydrogens is 300 g/mol. The van der Waals surface area contributed by atoms with Crippen LogP contribution in [0.4, 0.5) is 0 Å². The molecule has 20 heavy (non-hydrogen) atoms. The second-order valence-corrected chi connectivity index (χ2v) is 7.61. The second-order valence-electron chi connectivity index (χ2n) is 5.54. The van der Waals surface area contributed by atoms with Gasteiger partial charge in [0.25, 0.3) is 0 Å². The van der Waals surface area contributed by atoms with E-state index in [0.717, 1.165) is 12.8 Å². The molecule has 0 unspecified atom stereocenters. The lowest BCUT2D eigenvalue weighted by atomic mass is 9.78. The normalized spacial score (nSPS) is 27.4. The zero-order valence-corrected chi connectivity index (χ0v) is 12.9. The number of aliphatic hydroxyl groups excluding tert-OH is 1. The van der Waals surface area contributed by atoms with Crippen LogP contribution >= 0.6 is 11.6 Å².